The van der Waals surface area contributed by atoms with Crippen molar-refractivity contribution in [2.75, 3.05) is 6.54 Å². The number of nitrogens with one attached hydrogen (secondary N) is 3. The minimum Gasteiger partial charge on any atom is -0.508 e. The van der Waals surface area contributed by atoms with Crippen LogP contribution in [0.25, 0.3) is 0 Å². The minimum absolute atomic E-state index is 0.0103. The van der Waals surface area contributed by atoms with Crippen molar-refractivity contribution in [2.24, 2.45) is 27.9 Å². The van der Waals surface area contributed by atoms with Crippen molar-refractivity contribution < 1.29 is 34.2 Å². The van der Waals surface area contributed by atoms with Gasteiger partial charge in [-0.3, -0.25) is 24.2 Å². The van der Waals surface area contributed by atoms with Crippen molar-refractivity contribution in [1.29, 1.82) is 0 Å². The lowest BCUT2D eigenvalue weighted by atomic mass is 10.0. The van der Waals surface area contributed by atoms with Gasteiger partial charge in [0.15, 0.2) is 5.96 Å². The first-order valence-electron chi connectivity index (χ1n) is 13.4. The molecule has 232 valence electrons. The van der Waals surface area contributed by atoms with Crippen LogP contribution < -0.4 is 38.9 Å². The number of aliphatic imine (C=N–C) groups is 1. The molecule has 0 aliphatic heterocycles. The average Bonchev–Trinajstić information content (AvgIpc) is 2.95. The maximum Gasteiger partial charge on any atom is 0.326 e. The lowest BCUT2D eigenvalue weighted by molar-refractivity contribution is -0.143. The first-order valence-corrected chi connectivity index (χ1v) is 13.4. The summed E-state index contributed by atoms with van der Waals surface area (Å²) in [7, 11) is 0. The summed E-state index contributed by atoms with van der Waals surface area (Å²) in [6.07, 6.45) is -0.286. The average molecular weight is 599 g/mol. The maximum atomic E-state index is 13.5. The van der Waals surface area contributed by atoms with E-state index in [0.29, 0.717) is 11.1 Å². The molecule has 0 aliphatic rings. The molecular weight excluding hydrogens is 560 g/mol. The SMILES string of the molecule is NC(=O)CC(NC(=O)C(CCCN=C(N)N)NC(=O)C(Cc1ccccc1)NC(=O)C(N)Cc1ccc(O)cc1)C(=O)O. The molecular formula is C28H38N8O7. The van der Waals surface area contributed by atoms with Crippen molar-refractivity contribution in [3.63, 3.8) is 0 Å². The summed E-state index contributed by atoms with van der Waals surface area (Å²) in [5, 5.41) is 26.3. The van der Waals surface area contributed by atoms with Gasteiger partial charge < -0.3 is 49.1 Å². The van der Waals surface area contributed by atoms with Crippen molar-refractivity contribution in [3.8, 4) is 5.75 Å². The van der Waals surface area contributed by atoms with Crippen LogP contribution in [0.4, 0.5) is 0 Å². The molecule has 0 saturated carbocycles. The van der Waals surface area contributed by atoms with Gasteiger partial charge in [-0.15, -0.1) is 0 Å². The summed E-state index contributed by atoms with van der Waals surface area (Å²) in [4.78, 5) is 66.4. The molecule has 2 aromatic carbocycles. The van der Waals surface area contributed by atoms with Crippen molar-refractivity contribution in [3.05, 3.63) is 65.7 Å². The number of primary amides is 1. The van der Waals surface area contributed by atoms with Crippen LogP contribution in [-0.2, 0) is 36.8 Å². The Kier molecular flexibility index (Phi) is 13.4. The number of rotatable bonds is 17. The van der Waals surface area contributed by atoms with Crippen LogP contribution in [0.15, 0.2) is 59.6 Å². The first-order chi connectivity index (χ1) is 20.3. The highest BCUT2D eigenvalue weighted by molar-refractivity contribution is 5.95. The third kappa shape index (κ3) is 12.5. The second kappa shape index (κ2) is 16.9. The number of guanidine groups is 1. The van der Waals surface area contributed by atoms with E-state index >= 15 is 0 Å². The van der Waals surface area contributed by atoms with Gasteiger partial charge >= 0.3 is 5.97 Å². The van der Waals surface area contributed by atoms with Gasteiger partial charge in [0.05, 0.1) is 12.5 Å². The Hall–Kier alpha value is -5.18. The predicted molar refractivity (Wildman–Crippen MR) is 157 cm³/mol. The largest absolute Gasteiger partial charge is 0.508 e. The van der Waals surface area contributed by atoms with Gasteiger partial charge in [0.2, 0.25) is 23.6 Å². The Labute approximate surface area is 248 Å². The molecule has 2 aromatic rings. The number of nitrogens with two attached hydrogens (primary N) is 4. The van der Waals surface area contributed by atoms with E-state index in [9.17, 15) is 34.2 Å². The van der Waals surface area contributed by atoms with Crippen molar-refractivity contribution >= 4 is 35.6 Å². The fourth-order valence-electron chi connectivity index (χ4n) is 4.03. The summed E-state index contributed by atoms with van der Waals surface area (Å²) in [6.45, 7) is 0.113. The maximum absolute atomic E-state index is 13.5. The van der Waals surface area contributed by atoms with E-state index < -0.39 is 60.2 Å². The molecule has 2 rings (SSSR count). The third-order valence-corrected chi connectivity index (χ3v) is 6.24. The summed E-state index contributed by atoms with van der Waals surface area (Å²) in [5.74, 6) is -4.82. The molecule has 0 fully saturated rings. The molecule has 0 aliphatic carbocycles. The Bertz CT molecular complexity index is 1280. The summed E-state index contributed by atoms with van der Waals surface area (Å²) >= 11 is 0. The van der Waals surface area contributed by atoms with E-state index in [2.05, 4.69) is 20.9 Å². The number of carbonyl (C=O) groups is 5. The van der Waals surface area contributed by atoms with Gasteiger partial charge in [-0.25, -0.2) is 4.79 Å². The van der Waals surface area contributed by atoms with Crippen LogP contribution in [0.5, 0.6) is 5.75 Å². The van der Waals surface area contributed by atoms with Crippen LogP contribution in [0.2, 0.25) is 0 Å². The minimum atomic E-state index is -1.63. The number of carboxylic acids is 1. The molecule has 0 saturated heterocycles. The lowest BCUT2D eigenvalue weighted by Gasteiger charge is -2.25. The number of phenolic OH excluding ortho intramolecular Hbond substituents is 1. The summed E-state index contributed by atoms with van der Waals surface area (Å²) < 4.78 is 0. The van der Waals surface area contributed by atoms with E-state index in [1.807, 2.05) is 0 Å². The van der Waals surface area contributed by atoms with Crippen LogP contribution in [0.1, 0.15) is 30.4 Å². The molecule has 4 atom stereocenters. The normalized spacial score (nSPS) is 13.4. The Morgan fingerprint density at radius 2 is 1.30 bits per heavy atom. The smallest absolute Gasteiger partial charge is 0.326 e. The highest BCUT2D eigenvalue weighted by Gasteiger charge is 2.31. The highest BCUT2D eigenvalue weighted by atomic mass is 16.4. The molecule has 0 spiro atoms. The number of nitrogens with zero attached hydrogens (tertiary/aromatic N) is 1. The van der Waals surface area contributed by atoms with Gasteiger partial charge in [-0.2, -0.15) is 0 Å². The van der Waals surface area contributed by atoms with Gasteiger partial charge in [0.25, 0.3) is 0 Å². The van der Waals surface area contributed by atoms with Gasteiger partial charge in [-0.05, 0) is 42.5 Å². The Morgan fingerprint density at radius 1 is 0.744 bits per heavy atom. The summed E-state index contributed by atoms with van der Waals surface area (Å²) in [6, 6.07) is 9.84. The van der Waals surface area contributed by atoms with E-state index in [0.717, 1.165) is 0 Å². The highest BCUT2D eigenvalue weighted by Crippen LogP contribution is 2.12. The number of phenols is 1. The van der Waals surface area contributed by atoms with Gasteiger partial charge in [-0.1, -0.05) is 42.5 Å². The monoisotopic (exact) mass is 598 g/mol. The number of aromatic hydroxyl groups is 1. The Morgan fingerprint density at radius 3 is 1.88 bits per heavy atom. The van der Waals surface area contributed by atoms with Gasteiger partial charge in [0, 0.05) is 13.0 Å². The number of amides is 4. The quantitative estimate of drug-likeness (QED) is 0.0547. The number of aliphatic carboxylic acids is 1. The molecule has 0 radical (unpaired) electrons. The Balaban J connectivity index is 2.25. The number of hydrogen-bond acceptors (Lipinski definition) is 8. The fourth-order valence-corrected chi connectivity index (χ4v) is 4.03. The molecule has 15 heteroatoms. The third-order valence-electron chi connectivity index (χ3n) is 6.24. The second-order valence-electron chi connectivity index (χ2n) is 9.81. The molecule has 4 unspecified atom stereocenters. The second-order valence-corrected chi connectivity index (χ2v) is 9.81. The molecule has 0 aromatic heterocycles. The van der Waals surface area contributed by atoms with E-state index in [1.165, 1.54) is 12.1 Å². The van der Waals surface area contributed by atoms with Gasteiger partial charge in [0.1, 0.15) is 23.9 Å². The predicted octanol–water partition coefficient (Wildman–Crippen LogP) is -2.03. The van der Waals surface area contributed by atoms with Crippen LogP contribution in [0.3, 0.4) is 0 Å². The number of hydrogen-bond donors (Lipinski definition) is 9. The topological polar surface area (TPSA) is 278 Å². The van der Waals surface area contributed by atoms with Crippen LogP contribution >= 0.6 is 0 Å². The zero-order chi connectivity index (χ0) is 31.9. The fraction of sp³-hybridized carbons (Fsp3) is 0.357. The lowest BCUT2D eigenvalue weighted by Crippen LogP contribution is -2.58. The molecule has 0 heterocycles. The van der Waals surface area contributed by atoms with Crippen molar-refractivity contribution in [1.82, 2.24) is 16.0 Å². The zero-order valence-corrected chi connectivity index (χ0v) is 23.4. The van der Waals surface area contributed by atoms with E-state index in [1.54, 1.807) is 42.5 Å². The van der Waals surface area contributed by atoms with Crippen LogP contribution in [-0.4, -0.2) is 76.5 Å². The standard InChI is InChI=1S/C28H38N8O7/c29-19(13-17-8-10-18(37)11-9-17)24(39)35-21(14-16-5-2-1-3-6-16)26(41)34-20(7-4-12-33-28(31)32)25(40)36-22(27(42)43)15-23(30)38/h1-3,5-6,8-11,19-22,37H,4,7,12-15,29H2,(H2,30,38)(H,34,41)(H,35,39)(H,36,40)(H,42,43)(H4,31,32,33). The number of benzene rings is 2. The molecule has 43 heavy (non-hydrogen) atoms. The molecule has 0 bridgehead atoms. The molecule has 15 nitrogen and oxygen atoms in total. The van der Waals surface area contributed by atoms with E-state index in [4.69, 9.17) is 22.9 Å². The van der Waals surface area contributed by atoms with Crippen LogP contribution in [0, 0.1) is 0 Å². The first kappa shape index (κ1) is 34.0. The van der Waals surface area contributed by atoms with Crippen molar-refractivity contribution in [2.45, 2.75) is 56.3 Å². The number of carboxylic acid groups (broad SMARTS) is 1. The molecule has 13 N–H and O–H groups in total. The summed E-state index contributed by atoms with van der Waals surface area (Å²) in [5.41, 5.74) is 23.3. The number of carbonyl (C=O) groups excluding carboxylic acids is 4. The van der Waals surface area contributed by atoms with E-state index in [-0.39, 0.29) is 43.9 Å². The zero-order valence-electron chi connectivity index (χ0n) is 23.4. The molecule has 4 amide bonds.